The van der Waals surface area contributed by atoms with Gasteiger partial charge in [-0.3, -0.25) is 4.79 Å². The molecule has 2 rings (SSSR count). The number of hydrogen-bond acceptors (Lipinski definition) is 2. The summed E-state index contributed by atoms with van der Waals surface area (Å²) in [4.78, 5) is 12.3. The van der Waals surface area contributed by atoms with Crippen LogP contribution in [0.1, 0.15) is 25.8 Å². The fraction of sp³-hybridized carbons (Fsp3) is 0.533. The number of benzene rings is 1. The minimum absolute atomic E-state index is 0.158. The Morgan fingerprint density at radius 1 is 1.47 bits per heavy atom. The highest BCUT2D eigenvalue weighted by molar-refractivity contribution is 9.10. The maximum absolute atomic E-state index is 12.3. The first-order valence-electron chi connectivity index (χ1n) is 6.76. The summed E-state index contributed by atoms with van der Waals surface area (Å²) in [5.41, 5.74) is 0.999. The minimum Gasteiger partial charge on any atom is -0.353 e. The molecular formula is C15H21BrN2O. The Morgan fingerprint density at radius 3 is 2.74 bits per heavy atom. The average molecular weight is 325 g/mol. The van der Waals surface area contributed by atoms with E-state index in [1.807, 2.05) is 19.1 Å². The van der Waals surface area contributed by atoms with Gasteiger partial charge in [-0.15, -0.1) is 0 Å². The van der Waals surface area contributed by atoms with E-state index in [1.54, 1.807) is 0 Å². The van der Waals surface area contributed by atoms with Gasteiger partial charge in [0.15, 0.2) is 0 Å². The molecule has 0 aliphatic carbocycles. The first kappa shape index (κ1) is 14.5. The van der Waals surface area contributed by atoms with E-state index in [2.05, 4.69) is 45.6 Å². The molecule has 1 aliphatic rings. The molecule has 1 saturated heterocycles. The van der Waals surface area contributed by atoms with Gasteiger partial charge in [-0.25, -0.2) is 0 Å². The van der Waals surface area contributed by atoms with Gasteiger partial charge < -0.3 is 10.6 Å². The summed E-state index contributed by atoms with van der Waals surface area (Å²) in [7, 11) is 0. The van der Waals surface area contributed by atoms with Crippen LogP contribution in [0.25, 0.3) is 0 Å². The van der Waals surface area contributed by atoms with E-state index in [1.165, 1.54) is 5.56 Å². The van der Waals surface area contributed by atoms with E-state index >= 15 is 0 Å². The quantitative estimate of drug-likeness (QED) is 0.893. The summed E-state index contributed by atoms with van der Waals surface area (Å²) in [6.07, 6.45) is 1.78. The van der Waals surface area contributed by atoms with Crippen molar-refractivity contribution >= 4 is 21.8 Å². The molecule has 0 radical (unpaired) electrons. The van der Waals surface area contributed by atoms with Gasteiger partial charge in [0.05, 0.1) is 5.41 Å². The SMILES string of the molecule is CC(Cc1ccc(Br)cc1)NC(=O)C1(C)CCNC1. The first-order chi connectivity index (χ1) is 8.99. The largest absolute Gasteiger partial charge is 0.353 e. The summed E-state index contributed by atoms with van der Waals surface area (Å²) in [6.45, 7) is 5.81. The molecule has 0 saturated carbocycles. The van der Waals surface area contributed by atoms with Crippen molar-refractivity contribution in [2.45, 2.75) is 32.7 Å². The van der Waals surface area contributed by atoms with Crippen molar-refractivity contribution in [2.24, 2.45) is 5.41 Å². The molecular weight excluding hydrogens is 304 g/mol. The van der Waals surface area contributed by atoms with Crippen LogP contribution in [-0.4, -0.2) is 25.0 Å². The van der Waals surface area contributed by atoms with Crippen molar-refractivity contribution in [3.63, 3.8) is 0 Å². The number of hydrogen-bond donors (Lipinski definition) is 2. The van der Waals surface area contributed by atoms with E-state index in [0.29, 0.717) is 0 Å². The third kappa shape index (κ3) is 3.80. The van der Waals surface area contributed by atoms with Crippen molar-refractivity contribution in [2.75, 3.05) is 13.1 Å². The zero-order valence-electron chi connectivity index (χ0n) is 11.5. The Bertz CT molecular complexity index is 438. The molecule has 0 spiro atoms. The van der Waals surface area contributed by atoms with Crippen LogP contribution < -0.4 is 10.6 Å². The molecule has 2 atom stereocenters. The van der Waals surface area contributed by atoms with E-state index in [0.717, 1.165) is 30.4 Å². The Morgan fingerprint density at radius 2 is 2.16 bits per heavy atom. The normalized spacial score (nSPS) is 24.2. The molecule has 2 N–H and O–H groups in total. The van der Waals surface area contributed by atoms with Crippen molar-refractivity contribution in [1.29, 1.82) is 0 Å². The van der Waals surface area contributed by atoms with E-state index in [9.17, 15) is 4.79 Å². The number of halogens is 1. The second kappa shape index (κ2) is 6.06. The van der Waals surface area contributed by atoms with Gasteiger partial charge in [0.1, 0.15) is 0 Å². The van der Waals surface area contributed by atoms with Crippen LogP contribution in [0.15, 0.2) is 28.7 Å². The van der Waals surface area contributed by atoms with Crippen LogP contribution in [0.4, 0.5) is 0 Å². The van der Waals surface area contributed by atoms with Gasteiger partial charge in [-0.05, 0) is 50.9 Å². The Labute approximate surface area is 123 Å². The number of carbonyl (C=O) groups is 1. The molecule has 1 heterocycles. The Balaban J connectivity index is 1.88. The van der Waals surface area contributed by atoms with Gasteiger partial charge in [0.2, 0.25) is 5.91 Å². The lowest BCUT2D eigenvalue weighted by Gasteiger charge is -2.24. The molecule has 1 amide bonds. The van der Waals surface area contributed by atoms with Gasteiger partial charge in [0, 0.05) is 17.1 Å². The molecule has 1 aliphatic heterocycles. The van der Waals surface area contributed by atoms with E-state index in [4.69, 9.17) is 0 Å². The second-order valence-electron chi connectivity index (χ2n) is 5.69. The highest BCUT2D eigenvalue weighted by Crippen LogP contribution is 2.24. The third-order valence-corrected chi connectivity index (χ3v) is 4.28. The first-order valence-corrected chi connectivity index (χ1v) is 7.55. The Kier molecular flexibility index (Phi) is 4.63. The molecule has 3 nitrogen and oxygen atoms in total. The van der Waals surface area contributed by atoms with Crippen LogP contribution in [0, 0.1) is 5.41 Å². The molecule has 1 aromatic rings. The van der Waals surface area contributed by atoms with E-state index in [-0.39, 0.29) is 17.4 Å². The smallest absolute Gasteiger partial charge is 0.227 e. The molecule has 19 heavy (non-hydrogen) atoms. The monoisotopic (exact) mass is 324 g/mol. The number of amides is 1. The number of carbonyl (C=O) groups excluding carboxylic acids is 1. The molecule has 1 aromatic carbocycles. The van der Waals surface area contributed by atoms with Crippen molar-refractivity contribution in [3.05, 3.63) is 34.3 Å². The van der Waals surface area contributed by atoms with Gasteiger partial charge >= 0.3 is 0 Å². The molecule has 0 aromatic heterocycles. The topological polar surface area (TPSA) is 41.1 Å². The highest BCUT2D eigenvalue weighted by atomic mass is 79.9. The zero-order valence-corrected chi connectivity index (χ0v) is 13.1. The Hall–Kier alpha value is -0.870. The summed E-state index contributed by atoms with van der Waals surface area (Å²) in [5, 5.41) is 6.39. The van der Waals surface area contributed by atoms with Crippen molar-refractivity contribution in [3.8, 4) is 0 Å². The molecule has 4 heteroatoms. The summed E-state index contributed by atoms with van der Waals surface area (Å²) in [5.74, 6) is 0.169. The van der Waals surface area contributed by atoms with Crippen molar-refractivity contribution < 1.29 is 4.79 Å². The maximum Gasteiger partial charge on any atom is 0.227 e. The summed E-state index contributed by atoms with van der Waals surface area (Å²) in [6, 6.07) is 8.40. The molecule has 2 unspecified atom stereocenters. The van der Waals surface area contributed by atoms with Crippen LogP contribution in [0.2, 0.25) is 0 Å². The van der Waals surface area contributed by atoms with Crippen LogP contribution >= 0.6 is 15.9 Å². The lowest BCUT2D eigenvalue weighted by Crippen LogP contribution is -2.44. The predicted octanol–water partition coefficient (Wildman–Crippen LogP) is 2.50. The van der Waals surface area contributed by atoms with Crippen molar-refractivity contribution in [1.82, 2.24) is 10.6 Å². The van der Waals surface area contributed by atoms with Gasteiger partial charge in [-0.1, -0.05) is 28.1 Å². The third-order valence-electron chi connectivity index (χ3n) is 3.75. The fourth-order valence-electron chi connectivity index (χ4n) is 2.43. The van der Waals surface area contributed by atoms with Crippen LogP contribution in [0.5, 0.6) is 0 Å². The standard InChI is InChI=1S/C15H21BrN2O/c1-11(9-12-3-5-13(16)6-4-12)18-14(19)15(2)7-8-17-10-15/h3-6,11,17H,7-10H2,1-2H3,(H,18,19). The lowest BCUT2D eigenvalue weighted by molar-refractivity contribution is -0.129. The molecule has 0 bridgehead atoms. The van der Waals surface area contributed by atoms with Gasteiger partial charge in [0.25, 0.3) is 0 Å². The number of nitrogens with one attached hydrogen (secondary N) is 2. The molecule has 1 fully saturated rings. The minimum atomic E-state index is -0.242. The second-order valence-corrected chi connectivity index (χ2v) is 6.61. The summed E-state index contributed by atoms with van der Waals surface area (Å²) < 4.78 is 1.08. The lowest BCUT2D eigenvalue weighted by atomic mass is 9.88. The van der Waals surface area contributed by atoms with Gasteiger partial charge in [-0.2, -0.15) is 0 Å². The zero-order chi connectivity index (χ0) is 13.9. The predicted molar refractivity (Wildman–Crippen MR) is 81.0 cm³/mol. The van der Waals surface area contributed by atoms with Crippen LogP contribution in [-0.2, 0) is 11.2 Å². The van der Waals surface area contributed by atoms with Crippen LogP contribution in [0.3, 0.4) is 0 Å². The fourth-order valence-corrected chi connectivity index (χ4v) is 2.70. The average Bonchev–Trinajstić information content (AvgIpc) is 2.80. The highest BCUT2D eigenvalue weighted by Gasteiger charge is 2.36. The summed E-state index contributed by atoms with van der Waals surface area (Å²) >= 11 is 3.43. The van der Waals surface area contributed by atoms with E-state index < -0.39 is 0 Å². The maximum atomic E-state index is 12.3. The number of rotatable bonds is 4. The molecule has 104 valence electrons.